The molecule has 5 nitrogen and oxygen atoms in total. The zero-order chi connectivity index (χ0) is 15.4. The van der Waals surface area contributed by atoms with Gasteiger partial charge in [0.15, 0.2) is 0 Å². The van der Waals surface area contributed by atoms with Crippen LogP contribution in [-0.4, -0.2) is 17.9 Å². The minimum Gasteiger partial charge on any atom is -0.373 e. The number of pyridine rings is 1. The highest BCUT2D eigenvalue weighted by molar-refractivity contribution is 6.34. The van der Waals surface area contributed by atoms with E-state index in [1.54, 1.807) is 13.1 Å². The molecule has 1 heterocycles. The second-order valence-corrected chi connectivity index (χ2v) is 4.47. The van der Waals surface area contributed by atoms with E-state index in [1.807, 2.05) is 0 Å². The van der Waals surface area contributed by atoms with Gasteiger partial charge in [0.1, 0.15) is 17.7 Å². The van der Waals surface area contributed by atoms with Crippen molar-refractivity contribution >= 4 is 29.0 Å². The van der Waals surface area contributed by atoms with Crippen molar-refractivity contribution in [3.63, 3.8) is 0 Å². The number of nitrogens with zero attached hydrogens (tertiary/aromatic N) is 2. The maximum absolute atomic E-state index is 13.2. The van der Waals surface area contributed by atoms with Gasteiger partial charge in [0, 0.05) is 18.9 Å². The van der Waals surface area contributed by atoms with Crippen molar-refractivity contribution in [1.29, 1.82) is 5.26 Å². The first-order valence-corrected chi connectivity index (χ1v) is 6.27. The largest absolute Gasteiger partial charge is 0.373 e. The first kappa shape index (κ1) is 14.8. The van der Waals surface area contributed by atoms with Crippen LogP contribution < -0.4 is 10.6 Å². The molecule has 0 spiro atoms. The summed E-state index contributed by atoms with van der Waals surface area (Å²) >= 11 is 5.93. The van der Waals surface area contributed by atoms with Crippen LogP contribution in [0.3, 0.4) is 0 Å². The molecule has 0 fully saturated rings. The summed E-state index contributed by atoms with van der Waals surface area (Å²) in [5.41, 5.74) is 0.375. The standard InChI is InChI=1S/C14H10ClFN4O/c1-18-13-5-10(11(15)7-19-13)14(21)20-9-2-3-12(16)8(4-9)6-17/h2-5,7H,1H3,(H,18,19)(H,20,21). The number of carbonyl (C=O) groups excluding carboxylic acids is 1. The number of amides is 1. The highest BCUT2D eigenvalue weighted by atomic mass is 35.5. The summed E-state index contributed by atoms with van der Waals surface area (Å²) in [6.45, 7) is 0. The van der Waals surface area contributed by atoms with E-state index in [0.717, 1.165) is 6.07 Å². The SMILES string of the molecule is CNc1cc(C(=O)Nc2ccc(F)c(C#N)c2)c(Cl)cn1. The molecule has 7 heteroatoms. The molecule has 0 unspecified atom stereocenters. The van der Waals surface area contributed by atoms with E-state index < -0.39 is 11.7 Å². The minimum atomic E-state index is -0.644. The number of carbonyl (C=O) groups is 1. The molecule has 0 bridgehead atoms. The number of rotatable bonds is 3. The monoisotopic (exact) mass is 304 g/mol. The van der Waals surface area contributed by atoms with Gasteiger partial charge < -0.3 is 10.6 Å². The zero-order valence-corrected chi connectivity index (χ0v) is 11.7. The van der Waals surface area contributed by atoms with Gasteiger partial charge >= 0.3 is 0 Å². The lowest BCUT2D eigenvalue weighted by molar-refractivity contribution is 0.102. The molecule has 1 aromatic heterocycles. The van der Waals surface area contributed by atoms with Crippen molar-refractivity contribution in [2.45, 2.75) is 0 Å². The number of benzene rings is 1. The summed E-state index contributed by atoms with van der Waals surface area (Å²) in [7, 11) is 1.66. The lowest BCUT2D eigenvalue weighted by Crippen LogP contribution is -2.13. The molecule has 2 N–H and O–H groups in total. The van der Waals surface area contributed by atoms with Crippen LogP contribution in [0.1, 0.15) is 15.9 Å². The lowest BCUT2D eigenvalue weighted by atomic mass is 10.2. The first-order chi connectivity index (χ1) is 10.0. The Bertz CT molecular complexity index is 742. The van der Waals surface area contributed by atoms with Crippen molar-refractivity contribution in [1.82, 2.24) is 4.98 Å². The Balaban J connectivity index is 2.28. The van der Waals surface area contributed by atoms with E-state index in [0.29, 0.717) is 11.5 Å². The summed E-state index contributed by atoms with van der Waals surface area (Å²) in [4.78, 5) is 16.1. The summed E-state index contributed by atoms with van der Waals surface area (Å²) < 4.78 is 13.2. The van der Waals surface area contributed by atoms with Crippen molar-refractivity contribution in [2.24, 2.45) is 0 Å². The van der Waals surface area contributed by atoms with Crippen molar-refractivity contribution in [3.05, 3.63) is 52.4 Å². The highest BCUT2D eigenvalue weighted by Gasteiger charge is 2.13. The van der Waals surface area contributed by atoms with Crippen molar-refractivity contribution in [3.8, 4) is 6.07 Å². The van der Waals surface area contributed by atoms with Crippen LogP contribution in [0.4, 0.5) is 15.9 Å². The second-order valence-electron chi connectivity index (χ2n) is 4.06. The van der Waals surface area contributed by atoms with Gasteiger partial charge in [-0.25, -0.2) is 9.37 Å². The maximum Gasteiger partial charge on any atom is 0.257 e. The fourth-order valence-corrected chi connectivity index (χ4v) is 1.83. The third kappa shape index (κ3) is 3.27. The van der Waals surface area contributed by atoms with Crippen LogP contribution in [0.5, 0.6) is 0 Å². The van der Waals surface area contributed by atoms with Gasteiger partial charge in [-0.05, 0) is 24.3 Å². The number of nitriles is 1. The number of anilines is 2. The quantitative estimate of drug-likeness (QED) is 0.913. The predicted molar refractivity (Wildman–Crippen MR) is 77.9 cm³/mol. The summed E-state index contributed by atoms with van der Waals surface area (Å²) in [5.74, 6) is -0.634. The number of aromatic nitrogens is 1. The molecule has 0 atom stereocenters. The maximum atomic E-state index is 13.2. The molecule has 0 radical (unpaired) electrons. The molecule has 0 aliphatic heterocycles. The molecule has 0 saturated heterocycles. The summed E-state index contributed by atoms with van der Waals surface area (Å²) in [6.07, 6.45) is 1.35. The van der Waals surface area contributed by atoms with Gasteiger partial charge in [-0.3, -0.25) is 4.79 Å². The van der Waals surface area contributed by atoms with Gasteiger partial charge in [-0.2, -0.15) is 5.26 Å². The number of nitrogens with one attached hydrogen (secondary N) is 2. The van der Waals surface area contributed by atoms with E-state index in [9.17, 15) is 9.18 Å². The Hall–Kier alpha value is -2.65. The van der Waals surface area contributed by atoms with Gasteiger partial charge in [-0.1, -0.05) is 11.6 Å². The molecule has 1 amide bonds. The third-order valence-corrected chi connectivity index (χ3v) is 3.00. The average molecular weight is 305 g/mol. The third-order valence-electron chi connectivity index (χ3n) is 2.70. The van der Waals surface area contributed by atoms with Crippen LogP contribution in [0, 0.1) is 17.1 Å². The van der Waals surface area contributed by atoms with Gasteiger partial charge in [0.2, 0.25) is 0 Å². The predicted octanol–water partition coefficient (Wildman–Crippen LogP) is 3.04. The van der Waals surface area contributed by atoms with Crippen molar-refractivity contribution in [2.75, 3.05) is 17.7 Å². The number of hydrogen-bond donors (Lipinski definition) is 2. The van der Waals surface area contributed by atoms with E-state index >= 15 is 0 Å². The molecular weight excluding hydrogens is 295 g/mol. The van der Waals surface area contributed by atoms with E-state index in [4.69, 9.17) is 16.9 Å². The average Bonchev–Trinajstić information content (AvgIpc) is 2.49. The number of hydrogen-bond acceptors (Lipinski definition) is 4. The van der Waals surface area contributed by atoms with Crippen LogP contribution in [0.2, 0.25) is 5.02 Å². The molecule has 106 valence electrons. The Morgan fingerprint density at radius 3 is 2.86 bits per heavy atom. The smallest absolute Gasteiger partial charge is 0.257 e. The Kier molecular flexibility index (Phi) is 4.36. The van der Waals surface area contributed by atoms with Crippen molar-refractivity contribution < 1.29 is 9.18 Å². The summed E-state index contributed by atoms with van der Waals surface area (Å²) in [5, 5.41) is 14.3. The molecule has 0 saturated carbocycles. The van der Waals surface area contributed by atoms with Crippen LogP contribution in [-0.2, 0) is 0 Å². The van der Waals surface area contributed by atoms with E-state index in [1.165, 1.54) is 24.4 Å². The van der Waals surface area contributed by atoms with Gasteiger partial charge in [0.05, 0.1) is 16.1 Å². The van der Waals surface area contributed by atoms with Gasteiger partial charge in [-0.15, -0.1) is 0 Å². The second kappa shape index (κ2) is 6.20. The first-order valence-electron chi connectivity index (χ1n) is 5.89. The number of halogens is 2. The molecule has 21 heavy (non-hydrogen) atoms. The fourth-order valence-electron chi connectivity index (χ4n) is 1.64. The Labute approximate surface area is 125 Å². The molecule has 0 aliphatic carbocycles. The molecule has 2 rings (SSSR count). The summed E-state index contributed by atoms with van der Waals surface area (Å²) in [6, 6.07) is 6.93. The minimum absolute atomic E-state index is 0.149. The topological polar surface area (TPSA) is 77.8 Å². The zero-order valence-electron chi connectivity index (χ0n) is 10.9. The van der Waals surface area contributed by atoms with E-state index in [2.05, 4.69) is 15.6 Å². The van der Waals surface area contributed by atoms with Crippen LogP contribution >= 0.6 is 11.6 Å². The Morgan fingerprint density at radius 1 is 1.43 bits per heavy atom. The lowest BCUT2D eigenvalue weighted by Gasteiger charge is -2.08. The Morgan fingerprint density at radius 2 is 2.19 bits per heavy atom. The fraction of sp³-hybridized carbons (Fsp3) is 0.0714. The molecule has 0 aliphatic rings. The molecular formula is C14H10ClFN4O. The molecule has 1 aromatic carbocycles. The molecule has 2 aromatic rings. The van der Waals surface area contributed by atoms with Crippen LogP contribution in [0.15, 0.2) is 30.5 Å². The normalized spacial score (nSPS) is 9.81. The highest BCUT2D eigenvalue weighted by Crippen LogP contribution is 2.20. The van der Waals surface area contributed by atoms with E-state index in [-0.39, 0.29) is 16.1 Å². The van der Waals surface area contributed by atoms with Crippen LogP contribution in [0.25, 0.3) is 0 Å². The van der Waals surface area contributed by atoms with Gasteiger partial charge in [0.25, 0.3) is 5.91 Å².